The molecule has 3 atom stereocenters. The average molecular weight is 326 g/mol. The number of ether oxygens (including phenoxy) is 2. The van der Waals surface area contributed by atoms with Gasteiger partial charge in [-0.2, -0.15) is 0 Å². The zero-order chi connectivity index (χ0) is 22.8. The monoisotopic (exact) mass is 326 g/mol. The molecule has 1 N–H and O–H groups in total. The van der Waals surface area contributed by atoms with E-state index in [-0.39, 0.29) is 47.9 Å². The number of methoxy groups -OCH3 is 2. The van der Waals surface area contributed by atoms with Crippen LogP contribution in [-0.2, 0) is 6.37 Å². The van der Waals surface area contributed by atoms with Crippen molar-refractivity contribution in [2.45, 2.75) is 45.2 Å². The Bertz CT molecular complexity index is 848. The summed E-state index contributed by atoms with van der Waals surface area (Å²) in [5, 5.41) is 10.8. The van der Waals surface area contributed by atoms with E-state index in [9.17, 15) is 6.48 Å². The summed E-state index contributed by atoms with van der Waals surface area (Å²) >= 11 is 0. The highest BCUT2D eigenvalue weighted by molar-refractivity contribution is 5.49. The van der Waals surface area contributed by atoms with E-state index in [1.165, 1.54) is 14.2 Å². The quantitative estimate of drug-likeness (QED) is 0.923. The molecule has 1 aromatic carbocycles. The Balaban J connectivity index is 2.34. The molecule has 1 fully saturated rings. The van der Waals surface area contributed by atoms with E-state index in [0.29, 0.717) is 6.42 Å². The van der Waals surface area contributed by atoms with Gasteiger partial charge in [-0.05, 0) is 54.3 Å². The third-order valence-electron chi connectivity index (χ3n) is 4.41. The molecule has 4 heteroatoms. The fourth-order valence-electron chi connectivity index (χ4n) is 3.32. The number of benzene rings is 1. The van der Waals surface area contributed by atoms with Crippen molar-refractivity contribution in [2.75, 3.05) is 27.3 Å². The smallest absolute Gasteiger partial charge is 0.161 e. The van der Waals surface area contributed by atoms with Gasteiger partial charge in [-0.1, -0.05) is 13.8 Å². The van der Waals surface area contributed by atoms with Gasteiger partial charge in [-0.15, -0.1) is 0 Å². The predicted octanol–water partition coefficient (Wildman–Crippen LogP) is 3.03. The van der Waals surface area contributed by atoms with Crippen LogP contribution in [0.1, 0.15) is 53.4 Å². The van der Waals surface area contributed by atoms with Crippen molar-refractivity contribution in [2.24, 2.45) is 11.8 Å². The highest BCUT2D eigenvalue weighted by atomic mass is 16.5. The van der Waals surface area contributed by atoms with Gasteiger partial charge in [-0.3, -0.25) is 4.90 Å². The lowest BCUT2D eigenvalue weighted by molar-refractivity contribution is -0.0191. The van der Waals surface area contributed by atoms with Crippen LogP contribution < -0.4 is 9.47 Å². The third-order valence-corrected chi connectivity index (χ3v) is 4.41. The summed E-state index contributed by atoms with van der Waals surface area (Å²) in [7, 11) is 2.56. The lowest BCUT2D eigenvalue weighted by Gasteiger charge is -2.46. The molecule has 2 aliphatic heterocycles. The number of piperidine rings is 1. The molecule has 0 amide bonds. The molecule has 0 saturated carbocycles. The van der Waals surface area contributed by atoms with Crippen LogP contribution in [0.25, 0.3) is 0 Å². The molecule has 1 aromatic rings. The van der Waals surface area contributed by atoms with E-state index in [1.807, 2.05) is 13.8 Å². The largest absolute Gasteiger partial charge is 0.493 e. The Morgan fingerprint density at radius 3 is 2.74 bits per heavy atom. The van der Waals surface area contributed by atoms with Crippen LogP contribution in [-0.4, -0.2) is 43.4 Å². The predicted molar refractivity (Wildman–Crippen MR) is 91.1 cm³/mol. The van der Waals surface area contributed by atoms with Crippen LogP contribution in [0.4, 0.5) is 0 Å². The normalized spacial score (nSPS) is 39.5. The number of aliphatic hydroxyl groups is 1. The van der Waals surface area contributed by atoms with Crippen LogP contribution in [0.2, 0.25) is 0 Å². The standard InChI is InChI=1S/C19H29NO3/c1-12(2)7-14-11-20-6-5-13-8-18(22-3)19(23-4)9-15(13)16(20)10-17(14)21/h8-9,12,14,16-17,21H,5-7,10-11H2,1-4H3/i5D2,6D2,8D,9D,16D. The lowest BCUT2D eigenvalue weighted by atomic mass is 9.79. The lowest BCUT2D eigenvalue weighted by Crippen LogP contribution is -2.48. The average Bonchev–Trinajstić information content (AvgIpc) is 2.62. The maximum Gasteiger partial charge on any atom is 0.161 e. The van der Waals surface area contributed by atoms with Gasteiger partial charge >= 0.3 is 0 Å². The molecule has 0 radical (unpaired) electrons. The summed E-state index contributed by atoms with van der Waals surface area (Å²) < 4.78 is 71.3. The van der Waals surface area contributed by atoms with Crippen LogP contribution in [0, 0.1) is 11.8 Å². The Kier molecular flexibility index (Phi) is 2.88. The fourth-order valence-corrected chi connectivity index (χ4v) is 3.32. The van der Waals surface area contributed by atoms with Crippen LogP contribution >= 0.6 is 0 Å². The van der Waals surface area contributed by atoms with Gasteiger partial charge in [-0.25, -0.2) is 0 Å². The first-order chi connectivity index (χ1) is 13.8. The molecule has 23 heavy (non-hydrogen) atoms. The van der Waals surface area contributed by atoms with Crippen molar-refractivity contribution in [3.63, 3.8) is 0 Å². The Morgan fingerprint density at radius 1 is 1.39 bits per heavy atom. The van der Waals surface area contributed by atoms with E-state index in [2.05, 4.69) is 0 Å². The van der Waals surface area contributed by atoms with Crippen molar-refractivity contribution in [3.8, 4) is 11.5 Å². The Labute approximate surface area is 149 Å². The molecule has 3 rings (SSSR count). The molecule has 4 nitrogen and oxygen atoms in total. The molecule has 0 spiro atoms. The summed E-state index contributed by atoms with van der Waals surface area (Å²) in [5.41, 5.74) is -0.539. The first-order valence-corrected chi connectivity index (χ1v) is 7.97. The molecule has 0 aliphatic carbocycles. The first kappa shape index (κ1) is 9.90. The minimum absolute atomic E-state index is 0.0318. The van der Waals surface area contributed by atoms with E-state index < -0.39 is 36.6 Å². The van der Waals surface area contributed by atoms with Crippen molar-refractivity contribution in [1.29, 1.82) is 0 Å². The maximum atomic E-state index is 10.8. The van der Waals surface area contributed by atoms with Gasteiger partial charge < -0.3 is 14.6 Å². The minimum Gasteiger partial charge on any atom is -0.493 e. The second-order valence-electron chi connectivity index (χ2n) is 6.52. The maximum absolute atomic E-state index is 10.8. The number of rotatable bonds is 4. The molecule has 0 aromatic heterocycles. The van der Waals surface area contributed by atoms with Crippen molar-refractivity contribution < 1.29 is 24.2 Å². The van der Waals surface area contributed by atoms with Crippen molar-refractivity contribution in [1.82, 2.24) is 4.90 Å². The van der Waals surface area contributed by atoms with Gasteiger partial charge in [0.05, 0.1) is 24.4 Å². The van der Waals surface area contributed by atoms with Gasteiger partial charge in [0, 0.05) is 24.5 Å². The molecule has 3 unspecified atom stereocenters. The summed E-state index contributed by atoms with van der Waals surface area (Å²) in [6.45, 7) is 1.30. The minimum atomic E-state index is -2.69. The zero-order valence-corrected chi connectivity index (χ0v) is 14.1. The van der Waals surface area contributed by atoms with E-state index in [0.717, 1.165) is 4.90 Å². The molecule has 1 saturated heterocycles. The second-order valence-corrected chi connectivity index (χ2v) is 6.52. The van der Waals surface area contributed by atoms with Crippen LogP contribution in [0.15, 0.2) is 12.1 Å². The summed E-state index contributed by atoms with van der Waals surface area (Å²) in [5.74, 6) is -0.379. The van der Waals surface area contributed by atoms with Crippen molar-refractivity contribution in [3.05, 3.63) is 23.2 Å². The van der Waals surface area contributed by atoms with Gasteiger partial charge in [0.1, 0.15) is 0 Å². The highest BCUT2D eigenvalue weighted by Gasteiger charge is 2.38. The SMILES string of the molecule is [2H]c1c(OC)c(OC)c([2H])c2c1C1([2H])CC(O)C(CC(C)C)CN1C([2H])([2H])C2([2H])[2H]. The third kappa shape index (κ3) is 3.20. The molecule has 0 bridgehead atoms. The number of fused-ring (bicyclic) bond motifs is 3. The summed E-state index contributed by atoms with van der Waals surface area (Å²) in [4.78, 5) is 1.12. The summed E-state index contributed by atoms with van der Waals surface area (Å²) in [6, 6.07) is -2.70. The van der Waals surface area contributed by atoms with Gasteiger partial charge in [0.25, 0.3) is 0 Å². The number of aliphatic hydroxyl groups excluding tert-OH is 1. The highest BCUT2D eigenvalue weighted by Crippen LogP contribution is 2.43. The summed E-state index contributed by atoms with van der Waals surface area (Å²) in [6.07, 6.45) is -3.21. The number of hydrogen-bond donors (Lipinski definition) is 1. The van der Waals surface area contributed by atoms with E-state index >= 15 is 0 Å². The Morgan fingerprint density at radius 2 is 2.09 bits per heavy atom. The van der Waals surface area contributed by atoms with Crippen LogP contribution in [0.5, 0.6) is 11.5 Å². The zero-order valence-electron chi connectivity index (χ0n) is 21.1. The second kappa shape index (κ2) is 6.70. The van der Waals surface area contributed by atoms with E-state index in [4.69, 9.17) is 17.7 Å². The fraction of sp³-hybridized carbons (Fsp3) is 0.684. The number of hydrogen-bond acceptors (Lipinski definition) is 4. The number of nitrogens with zero attached hydrogens (tertiary/aromatic N) is 1. The molecule has 2 aliphatic rings. The molecule has 128 valence electrons. The molecular weight excluding hydrogens is 290 g/mol. The van der Waals surface area contributed by atoms with Crippen molar-refractivity contribution >= 4 is 0 Å². The van der Waals surface area contributed by atoms with Crippen LogP contribution in [0.3, 0.4) is 0 Å². The van der Waals surface area contributed by atoms with E-state index in [1.54, 1.807) is 0 Å². The van der Waals surface area contributed by atoms with Gasteiger partial charge in [0.15, 0.2) is 11.5 Å². The first-order valence-electron chi connectivity index (χ1n) is 11.5. The molecular formula is C19H29NO3. The topological polar surface area (TPSA) is 41.9 Å². The molecule has 2 heterocycles. The van der Waals surface area contributed by atoms with Gasteiger partial charge in [0.2, 0.25) is 0 Å². The Hall–Kier alpha value is -1.26.